The first-order chi connectivity index (χ1) is 9.97. The van der Waals surface area contributed by atoms with E-state index in [1.165, 1.54) is 6.92 Å². The van der Waals surface area contributed by atoms with Gasteiger partial charge in [0.2, 0.25) is 5.91 Å². The van der Waals surface area contributed by atoms with Gasteiger partial charge >= 0.3 is 5.97 Å². The predicted octanol–water partition coefficient (Wildman–Crippen LogP) is 1.05. The quantitative estimate of drug-likeness (QED) is 0.638. The molecule has 4 N–H and O–H groups in total. The average Bonchev–Trinajstić information content (AvgIpc) is 2.80. The molecule has 6 heteroatoms. The molecule has 0 radical (unpaired) electrons. The predicted molar refractivity (Wildman–Crippen MR) is 77.9 cm³/mol. The van der Waals surface area contributed by atoms with Gasteiger partial charge < -0.3 is 20.5 Å². The van der Waals surface area contributed by atoms with E-state index in [1.54, 1.807) is 6.20 Å². The molecule has 1 amide bonds. The largest absolute Gasteiger partial charge is 0.480 e. The molecule has 21 heavy (non-hydrogen) atoms. The van der Waals surface area contributed by atoms with Gasteiger partial charge in [-0.15, -0.1) is 0 Å². The molecule has 0 spiro atoms. The first-order valence-corrected chi connectivity index (χ1v) is 6.72. The maximum Gasteiger partial charge on any atom is 0.326 e. The topological polar surface area (TPSA) is 102 Å². The zero-order valence-corrected chi connectivity index (χ0v) is 11.7. The number of hydrogen-bond acceptors (Lipinski definition) is 3. The number of aliphatic hydroxyl groups excluding tert-OH is 1. The van der Waals surface area contributed by atoms with E-state index in [1.807, 2.05) is 24.3 Å². The molecule has 0 aliphatic heterocycles. The normalized spacial score (nSPS) is 13.8. The third kappa shape index (κ3) is 3.82. The number of rotatable bonds is 6. The van der Waals surface area contributed by atoms with Crippen LogP contribution in [-0.4, -0.2) is 39.2 Å². The highest BCUT2D eigenvalue weighted by Gasteiger charge is 2.22. The second-order valence-electron chi connectivity index (χ2n) is 5.08. The molecule has 1 aromatic heterocycles. The van der Waals surface area contributed by atoms with Crippen LogP contribution in [0.15, 0.2) is 30.5 Å². The number of fused-ring (bicyclic) bond motifs is 1. The molecule has 0 fully saturated rings. The Morgan fingerprint density at radius 3 is 2.71 bits per heavy atom. The average molecular weight is 290 g/mol. The molecule has 6 nitrogen and oxygen atoms in total. The van der Waals surface area contributed by atoms with E-state index in [-0.39, 0.29) is 12.8 Å². The van der Waals surface area contributed by atoms with Crippen LogP contribution in [-0.2, 0) is 16.0 Å². The number of H-pyrrole nitrogens is 1. The van der Waals surface area contributed by atoms with Gasteiger partial charge in [-0.3, -0.25) is 4.79 Å². The van der Waals surface area contributed by atoms with E-state index >= 15 is 0 Å². The summed E-state index contributed by atoms with van der Waals surface area (Å²) in [6.07, 6.45) is 1.02. The molecule has 2 aromatic rings. The number of para-hydroxylation sites is 1. The van der Waals surface area contributed by atoms with Crippen LogP contribution in [0, 0.1) is 0 Å². The van der Waals surface area contributed by atoms with Crippen molar-refractivity contribution in [3.05, 3.63) is 36.0 Å². The minimum absolute atomic E-state index is 0.113. The second-order valence-corrected chi connectivity index (χ2v) is 5.08. The Balaban J connectivity index is 2.13. The van der Waals surface area contributed by atoms with Crippen molar-refractivity contribution in [2.45, 2.75) is 31.9 Å². The standard InChI is InChI=1S/C15H18N2O4/c1-9(18)6-14(19)17-13(15(20)21)7-10-8-16-12-5-3-2-4-11(10)12/h2-5,8-9,13,16,18H,6-7H2,1H3,(H,17,19)(H,20,21). The highest BCUT2D eigenvalue weighted by atomic mass is 16.4. The molecule has 1 aromatic carbocycles. The van der Waals surface area contributed by atoms with Crippen LogP contribution in [0.2, 0.25) is 0 Å². The fourth-order valence-electron chi connectivity index (χ4n) is 2.24. The molecule has 0 bridgehead atoms. The van der Waals surface area contributed by atoms with Crippen molar-refractivity contribution in [2.24, 2.45) is 0 Å². The number of aliphatic carboxylic acids is 1. The van der Waals surface area contributed by atoms with Gasteiger partial charge in [-0.1, -0.05) is 18.2 Å². The van der Waals surface area contributed by atoms with E-state index in [0.29, 0.717) is 0 Å². The summed E-state index contributed by atoms with van der Waals surface area (Å²) in [4.78, 5) is 26.0. The smallest absolute Gasteiger partial charge is 0.326 e. The Labute approximate surface area is 121 Å². The summed E-state index contributed by atoms with van der Waals surface area (Å²) in [5.74, 6) is -1.57. The van der Waals surface area contributed by atoms with Gasteiger partial charge in [0.1, 0.15) is 6.04 Å². The maximum absolute atomic E-state index is 11.6. The first kappa shape index (κ1) is 15.1. The van der Waals surface area contributed by atoms with Crippen molar-refractivity contribution in [3.63, 3.8) is 0 Å². The van der Waals surface area contributed by atoms with Crippen molar-refractivity contribution >= 4 is 22.8 Å². The molecule has 2 rings (SSSR count). The van der Waals surface area contributed by atoms with Crippen LogP contribution in [0.5, 0.6) is 0 Å². The number of aromatic amines is 1. The molecule has 1 heterocycles. The summed E-state index contributed by atoms with van der Waals surface area (Å²) in [5, 5.41) is 21.8. The lowest BCUT2D eigenvalue weighted by Gasteiger charge is -2.15. The van der Waals surface area contributed by atoms with Crippen LogP contribution < -0.4 is 5.32 Å². The molecule has 0 aliphatic carbocycles. The van der Waals surface area contributed by atoms with E-state index in [2.05, 4.69) is 10.3 Å². The Bertz CT molecular complexity index is 648. The van der Waals surface area contributed by atoms with Crippen molar-refractivity contribution in [3.8, 4) is 0 Å². The molecule has 2 atom stereocenters. The first-order valence-electron chi connectivity index (χ1n) is 6.72. The van der Waals surface area contributed by atoms with Gasteiger partial charge in [-0.05, 0) is 18.6 Å². The maximum atomic E-state index is 11.6. The number of nitrogens with one attached hydrogen (secondary N) is 2. The van der Waals surface area contributed by atoms with Crippen LogP contribution in [0.3, 0.4) is 0 Å². The van der Waals surface area contributed by atoms with Crippen LogP contribution in [0.25, 0.3) is 10.9 Å². The monoisotopic (exact) mass is 290 g/mol. The zero-order valence-electron chi connectivity index (χ0n) is 11.7. The minimum Gasteiger partial charge on any atom is -0.480 e. The van der Waals surface area contributed by atoms with Crippen molar-refractivity contribution in [1.29, 1.82) is 0 Å². The van der Waals surface area contributed by atoms with E-state index < -0.39 is 24.0 Å². The molecule has 0 saturated heterocycles. The van der Waals surface area contributed by atoms with Gasteiger partial charge in [-0.25, -0.2) is 4.79 Å². The highest BCUT2D eigenvalue weighted by molar-refractivity contribution is 5.86. The lowest BCUT2D eigenvalue weighted by atomic mass is 10.0. The second kappa shape index (κ2) is 6.41. The van der Waals surface area contributed by atoms with E-state index in [0.717, 1.165) is 16.5 Å². The number of aromatic nitrogens is 1. The van der Waals surface area contributed by atoms with E-state index in [4.69, 9.17) is 5.11 Å². The zero-order chi connectivity index (χ0) is 15.4. The number of hydrogen-bond donors (Lipinski definition) is 4. The van der Waals surface area contributed by atoms with Crippen LogP contribution in [0.1, 0.15) is 18.9 Å². The van der Waals surface area contributed by atoms with Gasteiger partial charge in [-0.2, -0.15) is 0 Å². The summed E-state index contributed by atoms with van der Waals surface area (Å²) >= 11 is 0. The molecular formula is C15H18N2O4. The number of aliphatic hydroxyl groups is 1. The molecule has 2 unspecified atom stereocenters. The van der Waals surface area contributed by atoms with Crippen molar-refractivity contribution in [1.82, 2.24) is 10.3 Å². The molecule has 0 saturated carbocycles. The van der Waals surface area contributed by atoms with Crippen molar-refractivity contribution < 1.29 is 19.8 Å². The Kier molecular flexibility index (Phi) is 4.59. The number of carboxylic acid groups (broad SMARTS) is 1. The summed E-state index contributed by atoms with van der Waals surface area (Å²) in [6.45, 7) is 1.48. The van der Waals surface area contributed by atoms with Gasteiger partial charge in [0, 0.05) is 23.5 Å². The van der Waals surface area contributed by atoms with Crippen LogP contribution >= 0.6 is 0 Å². The molecular weight excluding hydrogens is 272 g/mol. The summed E-state index contributed by atoms with van der Waals surface area (Å²) in [6, 6.07) is 6.55. The van der Waals surface area contributed by atoms with E-state index in [9.17, 15) is 14.7 Å². The summed E-state index contributed by atoms with van der Waals surface area (Å²) in [7, 11) is 0. The van der Waals surface area contributed by atoms with Crippen LogP contribution in [0.4, 0.5) is 0 Å². The number of carbonyl (C=O) groups excluding carboxylic acids is 1. The number of carboxylic acids is 1. The van der Waals surface area contributed by atoms with Gasteiger partial charge in [0.25, 0.3) is 0 Å². The van der Waals surface area contributed by atoms with Gasteiger partial charge in [0.05, 0.1) is 12.5 Å². The fraction of sp³-hybridized carbons (Fsp3) is 0.333. The number of benzene rings is 1. The molecule has 112 valence electrons. The lowest BCUT2D eigenvalue weighted by Crippen LogP contribution is -2.43. The summed E-state index contributed by atoms with van der Waals surface area (Å²) in [5.41, 5.74) is 1.75. The Morgan fingerprint density at radius 2 is 2.05 bits per heavy atom. The lowest BCUT2D eigenvalue weighted by molar-refractivity contribution is -0.142. The number of amides is 1. The third-order valence-electron chi connectivity index (χ3n) is 3.21. The highest BCUT2D eigenvalue weighted by Crippen LogP contribution is 2.19. The Morgan fingerprint density at radius 1 is 1.33 bits per heavy atom. The molecule has 0 aliphatic rings. The summed E-state index contributed by atoms with van der Waals surface area (Å²) < 4.78 is 0. The SMILES string of the molecule is CC(O)CC(=O)NC(Cc1c[nH]c2ccccc12)C(=O)O. The minimum atomic E-state index is -1.10. The number of carbonyl (C=O) groups is 2. The third-order valence-corrected chi connectivity index (χ3v) is 3.21. The Hall–Kier alpha value is -2.34. The fourth-order valence-corrected chi connectivity index (χ4v) is 2.24. The van der Waals surface area contributed by atoms with Crippen molar-refractivity contribution in [2.75, 3.05) is 0 Å². The van der Waals surface area contributed by atoms with Gasteiger partial charge in [0.15, 0.2) is 0 Å².